The van der Waals surface area contributed by atoms with Gasteiger partial charge in [-0.1, -0.05) is 26.0 Å². The van der Waals surface area contributed by atoms with E-state index in [0.29, 0.717) is 5.92 Å². The normalized spacial score (nSPS) is 28.1. The Morgan fingerprint density at radius 1 is 1.29 bits per heavy atom. The number of aromatic nitrogens is 3. The first kappa shape index (κ1) is 22.2. The van der Waals surface area contributed by atoms with Crippen molar-refractivity contribution in [3.8, 4) is 0 Å². The molecule has 3 heterocycles. The van der Waals surface area contributed by atoms with Crippen LogP contribution in [0.3, 0.4) is 0 Å². The summed E-state index contributed by atoms with van der Waals surface area (Å²) >= 11 is 0. The lowest BCUT2D eigenvalue weighted by molar-refractivity contribution is -0.144. The summed E-state index contributed by atoms with van der Waals surface area (Å²) in [6.07, 6.45) is 3.25. The predicted molar refractivity (Wildman–Crippen MR) is 112 cm³/mol. The van der Waals surface area contributed by atoms with Crippen molar-refractivity contribution < 1.29 is 23.1 Å². The fourth-order valence-corrected chi connectivity index (χ4v) is 6.71. The molecular formula is C20H31N5O5S. The first-order chi connectivity index (χ1) is 14.3. The van der Waals surface area contributed by atoms with E-state index in [-0.39, 0.29) is 30.4 Å². The maximum absolute atomic E-state index is 13.7. The number of hydrogen-bond donors (Lipinski definition) is 2. The third-order valence-electron chi connectivity index (χ3n) is 6.21. The maximum atomic E-state index is 13.7. The minimum atomic E-state index is -3.13. The van der Waals surface area contributed by atoms with E-state index in [1.54, 1.807) is 11.6 Å². The molecule has 4 rings (SSSR count). The zero-order chi connectivity index (χ0) is 22.8. The molecule has 3 aliphatic rings. The minimum Gasteiger partial charge on any atom is -0.391 e. The fraction of sp³-hybridized carbons (Fsp3) is 0.800. The van der Waals surface area contributed by atoms with Gasteiger partial charge in [0.2, 0.25) is 11.8 Å². The van der Waals surface area contributed by atoms with E-state index in [1.165, 1.54) is 4.90 Å². The quantitative estimate of drug-likeness (QED) is 0.641. The molecule has 2 N–H and O–H groups in total. The molecule has 11 heteroatoms. The van der Waals surface area contributed by atoms with E-state index in [4.69, 9.17) is 0 Å². The summed E-state index contributed by atoms with van der Waals surface area (Å²) in [6.45, 7) is 7.50. The predicted octanol–water partition coefficient (Wildman–Crippen LogP) is 0.00780. The number of amides is 2. The number of hydrogen-bond acceptors (Lipinski definition) is 7. The van der Waals surface area contributed by atoms with Crippen LogP contribution in [0.1, 0.15) is 64.6 Å². The Labute approximate surface area is 182 Å². The molecule has 31 heavy (non-hydrogen) atoms. The third-order valence-corrected chi connectivity index (χ3v) is 8.36. The van der Waals surface area contributed by atoms with Crippen LogP contribution in [0.2, 0.25) is 0 Å². The number of nitrogens with zero attached hydrogens (tertiary/aromatic N) is 4. The van der Waals surface area contributed by atoms with Crippen LogP contribution in [0.25, 0.3) is 0 Å². The second kappa shape index (κ2) is 7.26. The van der Waals surface area contributed by atoms with E-state index < -0.39 is 44.9 Å². The Bertz CT molecular complexity index is 982. The highest BCUT2D eigenvalue weighted by Gasteiger charge is 2.50. The molecule has 3 fully saturated rings. The van der Waals surface area contributed by atoms with Crippen molar-refractivity contribution in [2.45, 2.75) is 76.6 Å². The van der Waals surface area contributed by atoms with Gasteiger partial charge in [-0.15, -0.1) is 5.10 Å². The summed E-state index contributed by atoms with van der Waals surface area (Å²) in [6, 6.07) is -1.55. The van der Waals surface area contributed by atoms with Crippen molar-refractivity contribution in [3.63, 3.8) is 0 Å². The van der Waals surface area contributed by atoms with Crippen molar-refractivity contribution in [2.75, 3.05) is 18.1 Å². The molecule has 2 amide bonds. The van der Waals surface area contributed by atoms with Gasteiger partial charge in [-0.3, -0.25) is 9.59 Å². The van der Waals surface area contributed by atoms with Crippen molar-refractivity contribution in [2.24, 2.45) is 5.41 Å². The van der Waals surface area contributed by atoms with Crippen molar-refractivity contribution in [3.05, 3.63) is 11.9 Å². The number of likely N-dealkylation sites (tertiary alicyclic amines) is 1. The zero-order valence-corrected chi connectivity index (χ0v) is 19.2. The number of carbonyl (C=O) groups is 2. The van der Waals surface area contributed by atoms with Gasteiger partial charge < -0.3 is 15.3 Å². The number of aliphatic hydroxyl groups excluding tert-OH is 1. The van der Waals surface area contributed by atoms with Crippen LogP contribution in [0, 0.1) is 5.41 Å². The molecule has 3 atom stereocenters. The van der Waals surface area contributed by atoms with Gasteiger partial charge >= 0.3 is 0 Å². The van der Waals surface area contributed by atoms with Crippen LogP contribution in [0.5, 0.6) is 0 Å². The average Bonchev–Trinajstić information content (AvgIpc) is 3.20. The fourth-order valence-electron chi connectivity index (χ4n) is 4.71. The Kier molecular flexibility index (Phi) is 5.20. The van der Waals surface area contributed by atoms with E-state index in [0.717, 1.165) is 18.5 Å². The molecule has 10 nitrogen and oxygen atoms in total. The van der Waals surface area contributed by atoms with Gasteiger partial charge in [0.1, 0.15) is 12.1 Å². The molecule has 0 unspecified atom stereocenters. The maximum Gasteiger partial charge on any atom is 0.248 e. The molecule has 172 valence electrons. The lowest BCUT2D eigenvalue weighted by Crippen LogP contribution is -2.65. The number of nitrogens with one attached hydrogen (secondary N) is 1. The highest BCUT2D eigenvalue weighted by atomic mass is 32.2. The highest BCUT2D eigenvalue weighted by Crippen LogP contribution is 2.40. The Balaban J connectivity index is 1.55. The molecule has 1 aliphatic carbocycles. The number of carbonyl (C=O) groups excluding carboxylic acids is 2. The van der Waals surface area contributed by atoms with E-state index in [1.807, 2.05) is 27.0 Å². The molecular weight excluding hydrogens is 422 g/mol. The molecule has 0 aromatic carbocycles. The Morgan fingerprint density at radius 2 is 1.94 bits per heavy atom. The second-order valence-corrected chi connectivity index (χ2v) is 12.7. The molecule has 2 aliphatic heterocycles. The van der Waals surface area contributed by atoms with Gasteiger partial charge in [0, 0.05) is 25.1 Å². The van der Waals surface area contributed by atoms with Gasteiger partial charge in [-0.2, -0.15) is 0 Å². The highest BCUT2D eigenvalue weighted by molar-refractivity contribution is 7.93. The molecule has 1 saturated carbocycles. The lowest BCUT2D eigenvalue weighted by atomic mass is 9.85. The topological polar surface area (TPSA) is 134 Å². The summed E-state index contributed by atoms with van der Waals surface area (Å²) in [5, 5.41) is 21.5. The SMILES string of the molecule is CC1(NC(=O)[C@@H]2C[C@@H](O)CN2C(=O)[C@@H](n2cc(C3CC3)nn2)C(C)(C)C)CS(=O)(=O)C1. The minimum absolute atomic E-state index is 0.0443. The molecule has 2 saturated heterocycles. The van der Waals surface area contributed by atoms with E-state index >= 15 is 0 Å². The van der Waals surface area contributed by atoms with Crippen LogP contribution in [0.4, 0.5) is 0 Å². The van der Waals surface area contributed by atoms with Crippen LogP contribution < -0.4 is 5.32 Å². The smallest absolute Gasteiger partial charge is 0.248 e. The molecule has 0 radical (unpaired) electrons. The van der Waals surface area contributed by atoms with Gasteiger partial charge in [-0.25, -0.2) is 13.1 Å². The Morgan fingerprint density at radius 3 is 2.48 bits per heavy atom. The number of aliphatic hydroxyl groups is 1. The van der Waals surface area contributed by atoms with Gasteiger partial charge in [-0.05, 0) is 25.2 Å². The first-order valence-electron chi connectivity index (χ1n) is 10.7. The number of β-amino-alcohol motifs (C(OH)–C–C–N with tert-alkyl or cyclic N) is 1. The molecule has 0 bridgehead atoms. The third kappa shape index (κ3) is 4.48. The van der Waals surface area contributed by atoms with E-state index in [9.17, 15) is 23.1 Å². The summed E-state index contributed by atoms with van der Waals surface area (Å²) < 4.78 is 24.7. The molecule has 1 aromatic heterocycles. The van der Waals surface area contributed by atoms with Crippen LogP contribution in [-0.2, 0) is 19.4 Å². The van der Waals surface area contributed by atoms with Crippen molar-refractivity contribution in [1.29, 1.82) is 0 Å². The van der Waals surface area contributed by atoms with Gasteiger partial charge in [0.05, 0.1) is 28.8 Å². The van der Waals surface area contributed by atoms with Crippen molar-refractivity contribution >= 4 is 21.7 Å². The van der Waals surface area contributed by atoms with Crippen LogP contribution >= 0.6 is 0 Å². The monoisotopic (exact) mass is 453 g/mol. The molecule has 0 spiro atoms. The van der Waals surface area contributed by atoms with E-state index in [2.05, 4.69) is 15.6 Å². The van der Waals surface area contributed by atoms with Gasteiger partial charge in [0.25, 0.3) is 0 Å². The average molecular weight is 454 g/mol. The van der Waals surface area contributed by atoms with Crippen molar-refractivity contribution in [1.82, 2.24) is 25.2 Å². The summed E-state index contributed by atoms with van der Waals surface area (Å²) in [5.74, 6) is -0.587. The summed E-state index contributed by atoms with van der Waals surface area (Å²) in [5.41, 5.74) is -0.474. The zero-order valence-electron chi connectivity index (χ0n) is 18.4. The number of sulfone groups is 1. The van der Waals surface area contributed by atoms with Crippen LogP contribution in [-0.4, -0.2) is 81.0 Å². The first-order valence-corrected chi connectivity index (χ1v) is 12.5. The lowest BCUT2D eigenvalue weighted by Gasteiger charge is -2.40. The summed E-state index contributed by atoms with van der Waals surface area (Å²) in [7, 11) is -3.13. The standard InChI is InChI=1S/C20H31N5O5S/c1-19(2,3)16(25-9-14(22-23-25)12-5-6-12)18(28)24-8-13(26)7-15(24)17(27)21-20(4)10-31(29,30)11-20/h9,12-13,15-16,26H,5-8,10-11H2,1-4H3,(H,21,27)/t13-,15+,16-/m1/s1. The van der Waals surface area contributed by atoms with Gasteiger partial charge in [0.15, 0.2) is 9.84 Å². The molecule has 1 aromatic rings. The van der Waals surface area contributed by atoms with Crippen LogP contribution in [0.15, 0.2) is 6.20 Å². The second-order valence-electron chi connectivity index (χ2n) is 10.6. The number of rotatable bonds is 5. The Hall–Kier alpha value is -2.01. The largest absolute Gasteiger partial charge is 0.391 e. The summed E-state index contributed by atoms with van der Waals surface area (Å²) in [4.78, 5) is 28.0.